The van der Waals surface area contributed by atoms with Gasteiger partial charge in [0.2, 0.25) is 0 Å². The van der Waals surface area contributed by atoms with Gasteiger partial charge in [-0.25, -0.2) is 0 Å². The fourth-order valence-electron chi connectivity index (χ4n) is 2.96. The Morgan fingerprint density at radius 3 is 2.76 bits per heavy atom. The Morgan fingerprint density at radius 2 is 2.06 bits per heavy atom. The van der Waals surface area contributed by atoms with E-state index in [0.29, 0.717) is 12.0 Å². The topological polar surface area (TPSA) is 33.7 Å². The molecule has 0 bridgehead atoms. The SMILES string of the molecule is CNC1COCC1CN(C)CC1CCCOC1. The molecule has 2 aliphatic rings. The maximum atomic E-state index is 5.54. The van der Waals surface area contributed by atoms with E-state index < -0.39 is 0 Å². The molecule has 4 nitrogen and oxygen atoms in total. The molecule has 0 aromatic carbocycles. The van der Waals surface area contributed by atoms with Crippen molar-refractivity contribution in [3.8, 4) is 0 Å². The van der Waals surface area contributed by atoms with Gasteiger partial charge in [0.1, 0.15) is 0 Å². The Bertz CT molecular complexity index is 219. The van der Waals surface area contributed by atoms with Crippen LogP contribution >= 0.6 is 0 Å². The predicted molar refractivity (Wildman–Crippen MR) is 68.2 cm³/mol. The van der Waals surface area contributed by atoms with E-state index in [4.69, 9.17) is 9.47 Å². The van der Waals surface area contributed by atoms with Gasteiger partial charge in [0.15, 0.2) is 0 Å². The zero-order chi connectivity index (χ0) is 12.1. The van der Waals surface area contributed by atoms with Crippen molar-refractivity contribution in [2.75, 3.05) is 53.6 Å². The summed E-state index contributed by atoms with van der Waals surface area (Å²) in [6.45, 7) is 5.95. The smallest absolute Gasteiger partial charge is 0.0623 e. The van der Waals surface area contributed by atoms with Crippen LogP contribution in [0, 0.1) is 11.8 Å². The second-order valence-electron chi connectivity index (χ2n) is 5.50. The summed E-state index contributed by atoms with van der Waals surface area (Å²) in [5, 5.41) is 3.35. The Kier molecular flexibility index (Phi) is 5.22. The van der Waals surface area contributed by atoms with E-state index in [1.165, 1.54) is 12.8 Å². The average molecular weight is 242 g/mol. The lowest BCUT2D eigenvalue weighted by atomic mass is 10.00. The number of nitrogens with one attached hydrogen (secondary N) is 1. The van der Waals surface area contributed by atoms with Gasteiger partial charge in [-0.15, -0.1) is 0 Å². The standard InChI is InChI=1S/C13H26N2O2/c1-14-13-10-17-9-12(13)7-15(2)6-11-4-3-5-16-8-11/h11-14H,3-10H2,1-2H3. The molecule has 2 fully saturated rings. The monoisotopic (exact) mass is 242 g/mol. The van der Waals surface area contributed by atoms with Crippen LogP contribution in [0.2, 0.25) is 0 Å². The minimum Gasteiger partial charge on any atom is -0.381 e. The first-order valence-corrected chi connectivity index (χ1v) is 6.81. The van der Waals surface area contributed by atoms with Crippen LogP contribution in [0.3, 0.4) is 0 Å². The van der Waals surface area contributed by atoms with Crippen molar-refractivity contribution in [1.29, 1.82) is 0 Å². The third-order valence-electron chi connectivity index (χ3n) is 3.94. The van der Waals surface area contributed by atoms with Crippen molar-refractivity contribution in [1.82, 2.24) is 10.2 Å². The molecule has 4 heteroatoms. The van der Waals surface area contributed by atoms with Crippen molar-refractivity contribution in [3.63, 3.8) is 0 Å². The van der Waals surface area contributed by atoms with E-state index in [1.54, 1.807) is 0 Å². The van der Waals surface area contributed by atoms with Crippen LogP contribution in [0.4, 0.5) is 0 Å². The molecule has 2 saturated heterocycles. The minimum atomic E-state index is 0.528. The number of hydrogen-bond donors (Lipinski definition) is 1. The van der Waals surface area contributed by atoms with Gasteiger partial charge in [0.25, 0.3) is 0 Å². The summed E-state index contributed by atoms with van der Waals surface area (Å²) in [5.41, 5.74) is 0. The number of ether oxygens (including phenoxy) is 2. The largest absolute Gasteiger partial charge is 0.381 e. The van der Waals surface area contributed by atoms with Crippen LogP contribution in [0.1, 0.15) is 12.8 Å². The molecule has 17 heavy (non-hydrogen) atoms. The lowest BCUT2D eigenvalue weighted by molar-refractivity contribution is 0.0396. The first kappa shape index (κ1) is 13.3. The summed E-state index contributed by atoms with van der Waals surface area (Å²) in [7, 11) is 4.25. The zero-order valence-corrected chi connectivity index (χ0v) is 11.2. The molecule has 100 valence electrons. The maximum absolute atomic E-state index is 5.54. The van der Waals surface area contributed by atoms with Gasteiger partial charge < -0.3 is 19.7 Å². The normalized spacial score (nSPS) is 34.4. The van der Waals surface area contributed by atoms with Crippen LogP contribution in [0.15, 0.2) is 0 Å². The Hall–Kier alpha value is -0.160. The van der Waals surface area contributed by atoms with Gasteiger partial charge >= 0.3 is 0 Å². The highest BCUT2D eigenvalue weighted by atomic mass is 16.5. The summed E-state index contributed by atoms with van der Waals surface area (Å²) in [6.07, 6.45) is 2.55. The van der Waals surface area contributed by atoms with Crippen molar-refractivity contribution in [3.05, 3.63) is 0 Å². The number of likely N-dealkylation sites (N-methyl/N-ethyl adjacent to an activating group) is 1. The summed E-state index contributed by atoms with van der Waals surface area (Å²) >= 11 is 0. The Balaban J connectivity index is 1.70. The summed E-state index contributed by atoms with van der Waals surface area (Å²) in [5.74, 6) is 1.36. The predicted octanol–water partition coefficient (Wildman–Crippen LogP) is 0.579. The number of rotatable bonds is 5. The minimum absolute atomic E-state index is 0.528. The van der Waals surface area contributed by atoms with Crippen molar-refractivity contribution in [2.45, 2.75) is 18.9 Å². The van der Waals surface area contributed by atoms with E-state index in [-0.39, 0.29) is 0 Å². The zero-order valence-electron chi connectivity index (χ0n) is 11.2. The van der Waals surface area contributed by atoms with E-state index in [9.17, 15) is 0 Å². The van der Waals surface area contributed by atoms with E-state index >= 15 is 0 Å². The third kappa shape index (κ3) is 3.91. The quantitative estimate of drug-likeness (QED) is 0.764. The summed E-state index contributed by atoms with van der Waals surface area (Å²) < 4.78 is 11.1. The van der Waals surface area contributed by atoms with Gasteiger partial charge in [-0.1, -0.05) is 0 Å². The summed E-state index contributed by atoms with van der Waals surface area (Å²) in [6, 6.07) is 0.528. The second kappa shape index (κ2) is 6.69. The van der Waals surface area contributed by atoms with E-state index in [0.717, 1.165) is 45.4 Å². The highest BCUT2D eigenvalue weighted by Crippen LogP contribution is 2.18. The second-order valence-corrected chi connectivity index (χ2v) is 5.50. The molecule has 2 aliphatic heterocycles. The fraction of sp³-hybridized carbons (Fsp3) is 1.00. The molecule has 0 aromatic rings. The molecule has 3 unspecified atom stereocenters. The lowest BCUT2D eigenvalue weighted by Gasteiger charge is -2.29. The maximum Gasteiger partial charge on any atom is 0.0623 e. The van der Waals surface area contributed by atoms with Crippen LogP contribution in [0.5, 0.6) is 0 Å². The molecular weight excluding hydrogens is 216 g/mol. The Labute approximate surface area is 105 Å². The van der Waals surface area contributed by atoms with E-state index in [1.807, 2.05) is 7.05 Å². The molecule has 1 N–H and O–H groups in total. The van der Waals surface area contributed by atoms with Crippen molar-refractivity contribution in [2.24, 2.45) is 11.8 Å². The molecule has 2 heterocycles. The van der Waals surface area contributed by atoms with Gasteiger partial charge in [-0.3, -0.25) is 0 Å². The summed E-state index contributed by atoms with van der Waals surface area (Å²) in [4.78, 5) is 2.45. The molecule has 0 saturated carbocycles. The Morgan fingerprint density at radius 1 is 1.18 bits per heavy atom. The lowest BCUT2D eigenvalue weighted by Crippen LogP contribution is -2.41. The van der Waals surface area contributed by atoms with Crippen molar-refractivity contribution >= 4 is 0 Å². The number of nitrogens with zero attached hydrogens (tertiary/aromatic N) is 1. The number of hydrogen-bond acceptors (Lipinski definition) is 4. The van der Waals surface area contributed by atoms with Crippen LogP contribution < -0.4 is 5.32 Å². The fourth-order valence-corrected chi connectivity index (χ4v) is 2.96. The van der Waals surface area contributed by atoms with Gasteiger partial charge in [0, 0.05) is 31.7 Å². The van der Waals surface area contributed by atoms with Gasteiger partial charge in [-0.2, -0.15) is 0 Å². The van der Waals surface area contributed by atoms with Gasteiger partial charge in [-0.05, 0) is 32.9 Å². The van der Waals surface area contributed by atoms with Crippen LogP contribution in [-0.2, 0) is 9.47 Å². The first-order valence-electron chi connectivity index (χ1n) is 6.81. The van der Waals surface area contributed by atoms with Crippen LogP contribution in [-0.4, -0.2) is 64.6 Å². The third-order valence-corrected chi connectivity index (χ3v) is 3.94. The molecule has 0 aromatic heterocycles. The van der Waals surface area contributed by atoms with Crippen LogP contribution in [0.25, 0.3) is 0 Å². The average Bonchev–Trinajstić information content (AvgIpc) is 2.77. The van der Waals surface area contributed by atoms with Gasteiger partial charge in [0.05, 0.1) is 19.8 Å². The molecule has 0 amide bonds. The molecular formula is C13H26N2O2. The molecule has 2 rings (SSSR count). The first-order chi connectivity index (χ1) is 8.29. The molecule has 3 atom stereocenters. The molecule has 0 radical (unpaired) electrons. The van der Waals surface area contributed by atoms with E-state index in [2.05, 4.69) is 17.3 Å². The highest BCUT2D eigenvalue weighted by molar-refractivity contribution is 4.82. The molecule has 0 aliphatic carbocycles. The van der Waals surface area contributed by atoms with Crippen molar-refractivity contribution < 1.29 is 9.47 Å². The molecule has 0 spiro atoms. The highest BCUT2D eigenvalue weighted by Gasteiger charge is 2.28.